The van der Waals surface area contributed by atoms with Gasteiger partial charge in [0.25, 0.3) is 5.09 Å². The van der Waals surface area contributed by atoms with Crippen LogP contribution in [0.5, 0.6) is 0 Å². The summed E-state index contributed by atoms with van der Waals surface area (Å²) in [5.74, 6) is -1.05. The molecule has 0 amide bonds. The average molecular weight is 491 g/mol. The van der Waals surface area contributed by atoms with Crippen LogP contribution in [0.15, 0.2) is 30.9 Å². The van der Waals surface area contributed by atoms with E-state index in [0.29, 0.717) is 29.8 Å². The first kappa shape index (κ1) is 26.3. The maximum atomic E-state index is 8.36. The molecule has 2 aromatic rings. The summed E-state index contributed by atoms with van der Waals surface area (Å²) in [5, 5.41) is 18.9. The van der Waals surface area contributed by atoms with Crippen molar-refractivity contribution in [2.75, 3.05) is 19.8 Å². The van der Waals surface area contributed by atoms with E-state index in [2.05, 4.69) is 17.0 Å². The Bertz CT molecular complexity index is 822. The van der Waals surface area contributed by atoms with E-state index in [1.807, 2.05) is 6.07 Å². The van der Waals surface area contributed by atoms with Crippen LogP contribution in [0.4, 0.5) is 0 Å². The fourth-order valence-corrected chi connectivity index (χ4v) is 3.86. The Labute approximate surface area is 196 Å². The van der Waals surface area contributed by atoms with Gasteiger partial charge in [-0.3, -0.25) is 0 Å². The molecule has 1 fully saturated rings. The van der Waals surface area contributed by atoms with Crippen molar-refractivity contribution < 1.29 is 24.5 Å². The maximum absolute atomic E-state index is 8.36. The largest absolute Gasteiger partial charge is 0.379 e. The van der Waals surface area contributed by atoms with Crippen LogP contribution < -0.4 is 0 Å². The molecule has 1 aromatic heterocycles. The van der Waals surface area contributed by atoms with Gasteiger partial charge in [-0.2, -0.15) is 5.10 Å². The number of ether oxygens (including phenoxy) is 3. The Morgan fingerprint density at radius 2 is 2.09 bits per heavy atom. The Balaban J connectivity index is 0.000000837. The molecule has 0 radical (unpaired) electrons. The minimum Gasteiger partial charge on any atom is -0.379 e. The molecule has 0 bridgehead atoms. The lowest BCUT2D eigenvalue weighted by molar-refractivity contribution is -0.742. The predicted octanol–water partition coefficient (Wildman–Crippen LogP) is 4.49. The number of unbranched alkanes of at least 4 members (excludes halogenated alkanes) is 4. The molecular weight excluding hydrogens is 463 g/mol. The minimum atomic E-state index is -1.50. The summed E-state index contributed by atoms with van der Waals surface area (Å²) >= 11 is 12.5. The minimum absolute atomic E-state index is 0.175. The van der Waals surface area contributed by atoms with Crippen LogP contribution in [0, 0.1) is 10.1 Å². The van der Waals surface area contributed by atoms with Gasteiger partial charge in [0, 0.05) is 17.2 Å². The van der Waals surface area contributed by atoms with Gasteiger partial charge in [-0.1, -0.05) is 61.9 Å². The molecule has 1 saturated heterocycles. The first-order chi connectivity index (χ1) is 15.4. The van der Waals surface area contributed by atoms with Gasteiger partial charge in [-0.15, -0.1) is 10.1 Å². The van der Waals surface area contributed by atoms with E-state index in [1.54, 1.807) is 23.1 Å². The van der Waals surface area contributed by atoms with Crippen molar-refractivity contribution in [1.29, 1.82) is 0 Å². The van der Waals surface area contributed by atoms with Gasteiger partial charge in [0.15, 0.2) is 0 Å². The molecule has 178 valence electrons. The van der Waals surface area contributed by atoms with Gasteiger partial charge in [0.05, 0.1) is 18.2 Å². The van der Waals surface area contributed by atoms with Crippen molar-refractivity contribution >= 4 is 23.2 Å². The highest BCUT2D eigenvalue weighted by Gasteiger charge is 2.45. The molecule has 12 heteroatoms. The highest BCUT2D eigenvalue weighted by Crippen LogP contribution is 2.40. The Morgan fingerprint density at radius 3 is 2.75 bits per heavy atom. The number of halogens is 2. The van der Waals surface area contributed by atoms with Crippen molar-refractivity contribution in [3.05, 3.63) is 56.6 Å². The maximum Gasteiger partial charge on any atom is 0.291 e. The highest BCUT2D eigenvalue weighted by atomic mass is 35.5. The van der Waals surface area contributed by atoms with Gasteiger partial charge in [-0.25, -0.2) is 9.67 Å². The fraction of sp³-hybridized carbons (Fsp3) is 0.600. The summed E-state index contributed by atoms with van der Waals surface area (Å²) in [4.78, 5) is 12.4. The van der Waals surface area contributed by atoms with E-state index in [4.69, 9.17) is 52.7 Å². The quantitative estimate of drug-likeness (QED) is 0.277. The van der Waals surface area contributed by atoms with E-state index in [0.717, 1.165) is 18.6 Å². The van der Waals surface area contributed by atoms with Crippen LogP contribution in [-0.2, 0) is 26.5 Å². The molecule has 1 aromatic carbocycles. The van der Waals surface area contributed by atoms with Crippen LogP contribution >= 0.6 is 23.2 Å². The van der Waals surface area contributed by atoms with E-state index < -0.39 is 10.9 Å². The second-order valence-electron chi connectivity index (χ2n) is 7.25. The zero-order valence-corrected chi connectivity index (χ0v) is 19.4. The molecule has 2 heterocycles. The molecule has 0 saturated carbocycles. The summed E-state index contributed by atoms with van der Waals surface area (Å²) in [7, 11) is 0. The Kier molecular flexibility index (Phi) is 11.1. The van der Waals surface area contributed by atoms with Crippen LogP contribution in [0.3, 0.4) is 0 Å². The SMILES string of the molecule is CCCCCCCOCC1COC(Cn2cncn2)(c2ccc(Cl)cc2Cl)O1.O=[N+]([O-])O. The second-order valence-corrected chi connectivity index (χ2v) is 8.09. The highest BCUT2D eigenvalue weighted by molar-refractivity contribution is 6.35. The zero-order valence-electron chi connectivity index (χ0n) is 17.9. The number of aromatic nitrogens is 3. The van der Waals surface area contributed by atoms with Crippen LogP contribution in [-0.4, -0.2) is 51.0 Å². The van der Waals surface area contributed by atoms with Gasteiger partial charge < -0.3 is 19.4 Å². The third-order valence-electron chi connectivity index (χ3n) is 4.73. The molecule has 10 nitrogen and oxygen atoms in total. The molecule has 0 spiro atoms. The average Bonchev–Trinajstić information content (AvgIpc) is 3.38. The van der Waals surface area contributed by atoms with Crippen molar-refractivity contribution in [3.63, 3.8) is 0 Å². The molecule has 1 aliphatic rings. The third kappa shape index (κ3) is 8.51. The predicted molar refractivity (Wildman–Crippen MR) is 117 cm³/mol. The van der Waals surface area contributed by atoms with Gasteiger partial charge in [-0.05, 0) is 18.6 Å². The van der Waals surface area contributed by atoms with Gasteiger partial charge in [0.1, 0.15) is 25.3 Å². The lowest BCUT2D eigenvalue weighted by Crippen LogP contribution is -2.35. The van der Waals surface area contributed by atoms with Gasteiger partial charge in [0.2, 0.25) is 5.79 Å². The number of rotatable bonds is 11. The smallest absolute Gasteiger partial charge is 0.291 e. The zero-order chi connectivity index (χ0) is 23.4. The molecule has 1 N–H and O–H groups in total. The Morgan fingerprint density at radius 1 is 1.34 bits per heavy atom. The summed E-state index contributed by atoms with van der Waals surface area (Å²) in [6, 6.07) is 5.30. The number of hydrogen-bond donors (Lipinski definition) is 1. The van der Waals surface area contributed by atoms with Crippen LogP contribution in [0.25, 0.3) is 0 Å². The van der Waals surface area contributed by atoms with Gasteiger partial charge >= 0.3 is 0 Å². The van der Waals surface area contributed by atoms with Crippen LogP contribution in [0.2, 0.25) is 10.0 Å². The van der Waals surface area contributed by atoms with E-state index >= 15 is 0 Å². The van der Waals surface area contributed by atoms with E-state index in [-0.39, 0.29) is 6.10 Å². The third-order valence-corrected chi connectivity index (χ3v) is 5.28. The molecule has 2 unspecified atom stereocenters. The summed E-state index contributed by atoms with van der Waals surface area (Å²) in [6.07, 6.45) is 8.99. The first-order valence-corrected chi connectivity index (χ1v) is 11.1. The lowest BCUT2D eigenvalue weighted by Gasteiger charge is -2.29. The van der Waals surface area contributed by atoms with Crippen molar-refractivity contribution in [2.24, 2.45) is 0 Å². The molecule has 32 heavy (non-hydrogen) atoms. The standard InChI is InChI=1S/C20H27Cl2N3O3.HNO3/c1-2-3-4-5-6-9-26-11-17-12-27-20(28-17,13-25-15-23-14-24-25)18-8-7-16(21)10-19(18)22;2-1(3)4/h7-8,10,14-15,17H,2-6,9,11-13H2,1H3;(H,2,3,4). The Hall–Kier alpha value is -1.98. The van der Waals surface area contributed by atoms with E-state index in [9.17, 15) is 0 Å². The topological polar surface area (TPSA) is 122 Å². The normalized spacial score (nSPS) is 20.0. The number of benzene rings is 1. The lowest BCUT2D eigenvalue weighted by atomic mass is 10.1. The summed E-state index contributed by atoms with van der Waals surface area (Å²) in [5.41, 5.74) is 0.719. The molecule has 3 rings (SSSR count). The van der Waals surface area contributed by atoms with E-state index in [1.165, 1.54) is 32.0 Å². The summed E-state index contributed by atoms with van der Waals surface area (Å²) < 4.78 is 19.9. The molecular formula is C20H28Cl2N4O6. The molecule has 2 atom stereocenters. The monoisotopic (exact) mass is 490 g/mol. The van der Waals surface area contributed by atoms with Crippen LogP contribution in [0.1, 0.15) is 44.6 Å². The fourth-order valence-electron chi connectivity index (χ4n) is 3.30. The molecule has 0 aliphatic carbocycles. The number of hydrogen-bond acceptors (Lipinski definition) is 7. The van der Waals surface area contributed by atoms with Crippen molar-refractivity contribution in [1.82, 2.24) is 14.8 Å². The second kappa shape index (κ2) is 13.5. The molecule has 1 aliphatic heterocycles. The number of nitrogens with zero attached hydrogens (tertiary/aromatic N) is 4. The van der Waals surface area contributed by atoms with Crippen molar-refractivity contribution in [3.8, 4) is 0 Å². The van der Waals surface area contributed by atoms with Crippen molar-refractivity contribution in [2.45, 2.75) is 57.5 Å². The summed E-state index contributed by atoms with van der Waals surface area (Å²) in [6.45, 7) is 4.19. The first-order valence-electron chi connectivity index (χ1n) is 10.4.